The molecule has 158 valence electrons. The Morgan fingerprint density at radius 1 is 1.38 bits per heavy atom. The SMILES string of the molecule is CC[C@H](C)NC(=O)C1CCN(S(=O)(=O)c2cc(-c3noc(C)n3)ccc2Cl)CC1. The van der Waals surface area contributed by atoms with E-state index in [9.17, 15) is 13.2 Å². The summed E-state index contributed by atoms with van der Waals surface area (Å²) in [6.45, 7) is 6.16. The van der Waals surface area contributed by atoms with Crippen molar-refractivity contribution in [2.45, 2.75) is 51.0 Å². The van der Waals surface area contributed by atoms with Crippen LogP contribution in [0.1, 0.15) is 39.0 Å². The zero-order valence-electron chi connectivity index (χ0n) is 16.7. The minimum atomic E-state index is -3.81. The molecule has 2 aromatic rings. The predicted molar refractivity (Wildman–Crippen MR) is 109 cm³/mol. The number of carbonyl (C=O) groups is 1. The van der Waals surface area contributed by atoms with Crippen LogP contribution in [0.5, 0.6) is 0 Å². The second-order valence-corrected chi connectivity index (χ2v) is 9.59. The highest BCUT2D eigenvalue weighted by molar-refractivity contribution is 7.89. The Hall–Kier alpha value is -1.97. The number of piperidine rings is 1. The number of hydrogen-bond donors (Lipinski definition) is 1. The molecular weight excluding hydrogens is 416 g/mol. The fourth-order valence-corrected chi connectivity index (χ4v) is 5.19. The summed E-state index contributed by atoms with van der Waals surface area (Å²) in [4.78, 5) is 16.5. The van der Waals surface area contributed by atoms with Gasteiger partial charge in [-0.2, -0.15) is 9.29 Å². The summed E-state index contributed by atoms with van der Waals surface area (Å²) in [7, 11) is -3.81. The number of benzene rings is 1. The Morgan fingerprint density at radius 3 is 2.66 bits per heavy atom. The van der Waals surface area contributed by atoms with Crippen molar-refractivity contribution in [2.75, 3.05) is 13.1 Å². The van der Waals surface area contributed by atoms with E-state index < -0.39 is 10.0 Å². The maximum atomic E-state index is 13.2. The molecule has 1 N–H and O–H groups in total. The lowest BCUT2D eigenvalue weighted by Gasteiger charge is -2.31. The molecule has 1 aromatic carbocycles. The summed E-state index contributed by atoms with van der Waals surface area (Å²) in [5.74, 6) is 0.497. The molecule has 1 aromatic heterocycles. The molecule has 0 saturated carbocycles. The molecule has 1 saturated heterocycles. The molecule has 29 heavy (non-hydrogen) atoms. The molecule has 1 atom stereocenters. The Kier molecular flexibility index (Phi) is 6.60. The third-order valence-electron chi connectivity index (χ3n) is 5.16. The van der Waals surface area contributed by atoms with E-state index in [0.717, 1.165) is 6.42 Å². The first-order chi connectivity index (χ1) is 13.7. The maximum absolute atomic E-state index is 13.2. The van der Waals surface area contributed by atoms with E-state index in [0.29, 0.717) is 30.1 Å². The summed E-state index contributed by atoms with van der Waals surface area (Å²) in [5.41, 5.74) is 0.507. The van der Waals surface area contributed by atoms with E-state index in [1.165, 1.54) is 16.4 Å². The van der Waals surface area contributed by atoms with Gasteiger partial charge in [0.05, 0.1) is 5.02 Å². The average molecular weight is 441 g/mol. The Bertz CT molecular complexity index is 984. The number of carbonyl (C=O) groups excluding carboxylic acids is 1. The lowest BCUT2D eigenvalue weighted by Crippen LogP contribution is -2.44. The van der Waals surface area contributed by atoms with E-state index in [-0.39, 0.29) is 40.9 Å². The highest BCUT2D eigenvalue weighted by Gasteiger charge is 2.33. The highest BCUT2D eigenvalue weighted by Crippen LogP contribution is 2.31. The quantitative estimate of drug-likeness (QED) is 0.740. The Labute approximate surface area is 175 Å². The van der Waals surface area contributed by atoms with Gasteiger partial charge in [-0.15, -0.1) is 0 Å². The van der Waals surface area contributed by atoms with Crippen LogP contribution in [0.15, 0.2) is 27.6 Å². The molecule has 2 heterocycles. The van der Waals surface area contributed by atoms with Gasteiger partial charge in [0.25, 0.3) is 0 Å². The first-order valence-electron chi connectivity index (χ1n) is 9.63. The minimum absolute atomic E-state index is 0.00151. The third-order valence-corrected chi connectivity index (χ3v) is 7.54. The molecule has 1 aliphatic rings. The van der Waals surface area contributed by atoms with Crippen LogP contribution < -0.4 is 5.32 Å². The van der Waals surface area contributed by atoms with E-state index >= 15 is 0 Å². The van der Waals surface area contributed by atoms with E-state index in [1.807, 2.05) is 13.8 Å². The summed E-state index contributed by atoms with van der Waals surface area (Å²) in [6, 6.07) is 4.74. The van der Waals surface area contributed by atoms with Crippen molar-refractivity contribution in [3.8, 4) is 11.4 Å². The molecule has 3 rings (SSSR count). The molecule has 0 spiro atoms. The Balaban J connectivity index is 1.76. The van der Waals surface area contributed by atoms with Crippen LogP contribution in [0.3, 0.4) is 0 Å². The van der Waals surface area contributed by atoms with Crippen LogP contribution in [0.25, 0.3) is 11.4 Å². The fraction of sp³-hybridized carbons (Fsp3) is 0.526. The van der Waals surface area contributed by atoms with Gasteiger partial charge in [-0.05, 0) is 44.4 Å². The number of rotatable bonds is 6. The average Bonchev–Trinajstić information content (AvgIpc) is 3.14. The van der Waals surface area contributed by atoms with Gasteiger partial charge < -0.3 is 9.84 Å². The monoisotopic (exact) mass is 440 g/mol. The molecule has 1 fully saturated rings. The topological polar surface area (TPSA) is 105 Å². The van der Waals surface area contributed by atoms with Crippen molar-refractivity contribution < 1.29 is 17.7 Å². The highest BCUT2D eigenvalue weighted by atomic mass is 35.5. The molecule has 10 heteroatoms. The molecule has 0 radical (unpaired) electrons. The summed E-state index contributed by atoms with van der Waals surface area (Å²) >= 11 is 6.21. The first kappa shape index (κ1) is 21.7. The Morgan fingerprint density at radius 2 is 2.07 bits per heavy atom. The molecule has 1 aliphatic heterocycles. The van der Waals surface area contributed by atoms with Gasteiger partial charge in [-0.1, -0.05) is 23.7 Å². The van der Waals surface area contributed by atoms with Crippen molar-refractivity contribution in [3.63, 3.8) is 0 Å². The second-order valence-electron chi connectivity index (χ2n) is 7.28. The number of aromatic nitrogens is 2. The smallest absolute Gasteiger partial charge is 0.244 e. The summed E-state index contributed by atoms with van der Waals surface area (Å²) in [5, 5.41) is 6.93. The van der Waals surface area contributed by atoms with Crippen molar-refractivity contribution in [1.82, 2.24) is 19.8 Å². The van der Waals surface area contributed by atoms with Crippen molar-refractivity contribution in [1.29, 1.82) is 0 Å². The third kappa shape index (κ3) is 4.79. The van der Waals surface area contributed by atoms with Gasteiger partial charge in [0.15, 0.2) is 0 Å². The number of sulfonamides is 1. The standard InChI is InChI=1S/C19H25ClN4O4S/c1-4-12(2)21-19(25)14-7-9-24(10-8-14)29(26,27)17-11-15(5-6-16(17)20)18-22-13(3)28-23-18/h5-6,11-12,14H,4,7-10H2,1-3H3,(H,21,25)/t12-/m0/s1. The molecular formula is C19H25ClN4O4S. The zero-order valence-corrected chi connectivity index (χ0v) is 18.3. The number of hydrogen-bond acceptors (Lipinski definition) is 6. The zero-order chi connectivity index (χ0) is 21.2. The fourth-order valence-electron chi connectivity index (χ4n) is 3.22. The van der Waals surface area contributed by atoms with Gasteiger partial charge in [-0.3, -0.25) is 4.79 Å². The summed E-state index contributed by atoms with van der Waals surface area (Å²) in [6.07, 6.45) is 1.80. The molecule has 8 nitrogen and oxygen atoms in total. The van der Waals surface area contributed by atoms with Gasteiger partial charge >= 0.3 is 0 Å². The van der Waals surface area contributed by atoms with Crippen LogP contribution in [0.2, 0.25) is 5.02 Å². The largest absolute Gasteiger partial charge is 0.353 e. The number of nitrogens with zero attached hydrogens (tertiary/aromatic N) is 3. The number of aryl methyl sites for hydroxylation is 1. The van der Waals surface area contributed by atoms with Gasteiger partial charge in [0.1, 0.15) is 4.90 Å². The van der Waals surface area contributed by atoms with Crippen LogP contribution in [0, 0.1) is 12.8 Å². The van der Waals surface area contributed by atoms with Gasteiger partial charge in [0, 0.05) is 37.5 Å². The van der Waals surface area contributed by atoms with Crippen molar-refractivity contribution in [2.24, 2.45) is 5.92 Å². The van der Waals surface area contributed by atoms with Crippen LogP contribution in [-0.2, 0) is 14.8 Å². The predicted octanol–water partition coefficient (Wildman–Crippen LogP) is 3.01. The van der Waals surface area contributed by atoms with Crippen LogP contribution in [0.4, 0.5) is 0 Å². The van der Waals surface area contributed by atoms with Gasteiger partial charge in [0.2, 0.25) is 27.6 Å². The number of amides is 1. The van der Waals surface area contributed by atoms with Gasteiger partial charge in [-0.25, -0.2) is 8.42 Å². The van der Waals surface area contributed by atoms with Crippen LogP contribution in [-0.4, -0.2) is 47.9 Å². The van der Waals surface area contributed by atoms with Crippen molar-refractivity contribution in [3.05, 3.63) is 29.1 Å². The van der Waals surface area contributed by atoms with E-state index in [4.69, 9.17) is 16.1 Å². The normalized spacial score (nSPS) is 17.2. The van der Waals surface area contributed by atoms with Crippen molar-refractivity contribution >= 4 is 27.5 Å². The maximum Gasteiger partial charge on any atom is 0.244 e. The van der Waals surface area contributed by atoms with Crippen LogP contribution >= 0.6 is 11.6 Å². The number of nitrogens with one attached hydrogen (secondary N) is 1. The number of halogens is 1. The lowest BCUT2D eigenvalue weighted by molar-refractivity contribution is -0.126. The lowest BCUT2D eigenvalue weighted by atomic mass is 9.97. The molecule has 1 amide bonds. The molecule has 0 bridgehead atoms. The minimum Gasteiger partial charge on any atom is -0.353 e. The first-order valence-corrected chi connectivity index (χ1v) is 11.4. The summed E-state index contributed by atoms with van der Waals surface area (Å²) < 4.78 is 32.7. The van der Waals surface area contributed by atoms with E-state index in [2.05, 4.69) is 15.5 Å². The molecule has 0 aliphatic carbocycles. The second kappa shape index (κ2) is 8.81. The molecule has 0 unspecified atom stereocenters. The van der Waals surface area contributed by atoms with E-state index in [1.54, 1.807) is 13.0 Å².